The number of amidine groups is 1. The fourth-order valence-corrected chi connectivity index (χ4v) is 4.74. The number of sulfonamides is 1. The summed E-state index contributed by atoms with van der Waals surface area (Å²) < 4.78 is 42.8. The van der Waals surface area contributed by atoms with Crippen molar-refractivity contribution in [2.75, 3.05) is 18.9 Å². The van der Waals surface area contributed by atoms with Crippen molar-refractivity contribution in [1.29, 1.82) is 0 Å². The van der Waals surface area contributed by atoms with E-state index in [0.29, 0.717) is 29.9 Å². The first-order valence-corrected chi connectivity index (χ1v) is 11.0. The fourth-order valence-electron chi connectivity index (χ4n) is 3.65. The maximum atomic E-state index is 13.9. The zero-order chi connectivity index (χ0) is 20.6. The van der Waals surface area contributed by atoms with Gasteiger partial charge in [0.2, 0.25) is 5.91 Å². The van der Waals surface area contributed by atoms with E-state index >= 15 is 0 Å². The Hall–Kier alpha value is -2.74. The normalized spacial score (nSPS) is 22.7. The number of nitrogens with zero attached hydrogens (tertiary/aromatic N) is 2. The molecule has 8 heteroatoms. The summed E-state index contributed by atoms with van der Waals surface area (Å²) >= 11 is 0. The number of halogens is 1. The fraction of sp³-hybridized carbons (Fsp3) is 0.333. The van der Waals surface area contributed by atoms with Gasteiger partial charge in [-0.05, 0) is 54.7 Å². The van der Waals surface area contributed by atoms with E-state index in [1.807, 2.05) is 11.9 Å². The Morgan fingerprint density at radius 3 is 2.55 bits per heavy atom. The molecule has 1 saturated heterocycles. The second kappa shape index (κ2) is 7.59. The van der Waals surface area contributed by atoms with Gasteiger partial charge >= 0.3 is 0 Å². The lowest BCUT2D eigenvalue weighted by Crippen LogP contribution is -2.20. The van der Waals surface area contributed by atoms with Crippen LogP contribution in [0.4, 0.5) is 10.1 Å². The lowest BCUT2D eigenvalue weighted by atomic mass is 10.1. The van der Waals surface area contributed by atoms with Crippen LogP contribution in [0.5, 0.6) is 0 Å². The number of hydrogen-bond donors (Lipinski definition) is 1. The van der Waals surface area contributed by atoms with Crippen LogP contribution in [0.1, 0.15) is 30.7 Å². The third-order valence-corrected chi connectivity index (χ3v) is 6.73. The van der Waals surface area contributed by atoms with E-state index < -0.39 is 10.0 Å². The zero-order valence-corrected chi connectivity index (χ0v) is 16.8. The Balaban J connectivity index is 1.41. The molecule has 1 aliphatic carbocycles. The van der Waals surface area contributed by atoms with Crippen molar-refractivity contribution in [3.05, 3.63) is 59.9 Å². The van der Waals surface area contributed by atoms with Gasteiger partial charge in [0.25, 0.3) is 10.0 Å². The molecule has 1 amide bonds. The van der Waals surface area contributed by atoms with Gasteiger partial charge in [-0.1, -0.05) is 18.2 Å². The van der Waals surface area contributed by atoms with E-state index in [4.69, 9.17) is 0 Å². The van der Waals surface area contributed by atoms with E-state index in [2.05, 4.69) is 9.71 Å². The Labute approximate surface area is 169 Å². The molecule has 1 aliphatic heterocycles. The first-order valence-electron chi connectivity index (χ1n) is 9.55. The number of carbonyl (C=O) groups excluding carboxylic acids is 1. The summed E-state index contributed by atoms with van der Waals surface area (Å²) in [4.78, 5) is 14.4. The van der Waals surface area contributed by atoms with Crippen molar-refractivity contribution in [2.45, 2.75) is 30.1 Å². The minimum Gasteiger partial charge on any atom is -0.362 e. The smallest absolute Gasteiger partial charge is 0.283 e. The van der Waals surface area contributed by atoms with Gasteiger partial charge < -0.3 is 10.2 Å². The van der Waals surface area contributed by atoms with Crippen LogP contribution >= 0.6 is 0 Å². The average Bonchev–Trinajstić information content (AvgIpc) is 3.39. The molecule has 0 aromatic heterocycles. The third kappa shape index (κ3) is 4.17. The predicted octanol–water partition coefficient (Wildman–Crippen LogP) is 3.38. The Morgan fingerprint density at radius 1 is 1.17 bits per heavy atom. The van der Waals surface area contributed by atoms with Gasteiger partial charge in [0.1, 0.15) is 11.7 Å². The molecule has 4 rings (SSSR count). The SMILES string of the molecule is CN1CCCC1=NS(=O)(=O)c1ccc(NC(=O)C2CC2c2ccccc2F)cc1. The summed E-state index contributed by atoms with van der Waals surface area (Å²) in [6, 6.07) is 12.5. The number of rotatable bonds is 5. The quantitative estimate of drug-likeness (QED) is 0.812. The van der Waals surface area contributed by atoms with Crippen LogP contribution in [0.25, 0.3) is 0 Å². The van der Waals surface area contributed by atoms with Crippen LogP contribution in [0.3, 0.4) is 0 Å². The number of likely N-dealkylation sites (tertiary alicyclic amines) is 1. The highest BCUT2D eigenvalue weighted by molar-refractivity contribution is 7.90. The van der Waals surface area contributed by atoms with Crippen molar-refractivity contribution < 1.29 is 17.6 Å². The van der Waals surface area contributed by atoms with Gasteiger partial charge in [-0.15, -0.1) is 4.40 Å². The van der Waals surface area contributed by atoms with Crippen molar-refractivity contribution in [3.63, 3.8) is 0 Å². The molecule has 2 aromatic carbocycles. The van der Waals surface area contributed by atoms with E-state index in [1.54, 1.807) is 30.3 Å². The van der Waals surface area contributed by atoms with Gasteiger partial charge in [0.05, 0.1) is 4.90 Å². The van der Waals surface area contributed by atoms with Crippen molar-refractivity contribution in [3.8, 4) is 0 Å². The standard InChI is InChI=1S/C21H22FN3O3S/c1-25-12-4-7-20(25)24-29(27,28)15-10-8-14(9-11-15)23-21(26)18-13-17(18)16-5-2-3-6-19(16)22/h2-3,5-6,8-11,17-18H,4,7,12-13H2,1H3,(H,23,26). The van der Waals surface area contributed by atoms with Gasteiger partial charge in [-0.2, -0.15) is 8.42 Å². The average molecular weight is 415 g/mol. The summed E-state index contributed by atoms with van der Waals surface area (Å²) in [7, 11) is -1.96. The highest BCUT2D eigenvalue weighted by atomic mass is 32.2. The van der Waals surface area contributed by atoms with Crippen molar-refractivity contribution >= 4 is 27.5 Å². The van der Waals surface area contributed by atoms with Crippen molar-refractivity contribution in [1.82, 2.24) is 4.90 Å². The first kappa shape index (κ1) is 19.6. The second-order valence-electron chi connectivity index (χ2n) is 7.49. The van der Waals surface area contributed by atoms with Crippen LogP contribution in [-0.2, 0) is 14.8 Å². The summed E-state index contributed by atoms with van der Waals surface area (Å²) in [5.41, 5.74) is 1.06. The highest BCUT2D eigenvalue weighted by Gasteiger charge is 2.45. The van der Waals surface area contributed by atoms with Crippen LogP contribution in [0, 0.1) is 11.7 Å². The lowest BCUT2D eigenvalue weighted by molar-refractivity contribution is -0.117. The molecule has 2 fully saturated rings. The third-order valence-electron chi connectivity index (χ3n) is 5.41. The molecular formula is C21H22FN3O3S. The molecule has 0 spiro atoms. The molecule has 2 aromatic rings. The van der Waals surface area contributed by atoms with Crippen molar-refractivity contribution in [2.24, 2.45) is 10.3 Å². The Morgan fingerprint density at radius 2 is 1.90 bits per heavy atom. The number of nitrogens with one attached hydrogen (secondary N) is 1. The zero-order valence-electron chi connectivity index (χ0n) is 16.0. The molecule has 2 unspecified atom stereocenters. The van der Waals surface area contributed by atoms with Crippen LogP contribution < -0.4 is 5.32 Å². The van der Waals surface area contributed by atoms with Crippen LogP contribution in [-0.4, -0.2) is 38.7 Å². The van der Waals surface area contributed by atoms with Gasteiger partial charge in [-0.25, -0.2) is 4.39 Å². The number of anilines is 1. The van der Waals surface area contributed by atoms with E-state index in [1.165, 1.54) is 18.2 Å². The van der Waals surface area contributed by atoms with E-state index in [-0.39, 0.29) is 28.5 Å². The molecule has 1 N–H and O–H groups in total. The van der Waals surface area contributed by atoms with Gasteiger partial charge in [-0.3, -0.25) is 4.79 Å². The molecule has 2 aliphatic rings. The summed E-state index contributed by atoms with van der Waals surface area (Å²) in [6.07, 6.45) is 2.14. The number of benzene rings is 2. The van der Waals surface area contributed by atoms with Crippen LogP contribution in [0.15, 0.2) is 57.8 Å². The maximum Gasteiger partial charge on any atom is 0.283 e. The summed E-state index contributed by atoms with van der Waals surface area (Å²) in [5, 5.41) is 2.78. The summed E-state index contributed by atoms with van der Waals surface area (Å²) in [6.45, 7) is 0.800. The number of amides is 1. The molecule has 2 atom stereocenters. The summed E-state index contributed by atoms with van der Waals surface area (Å²) in [5.74, 6) is -0.316. The second-order valence-corrected chi connectivity index (χ2v) is 9.10. The number of carbonyl (C=O) groups is 1. The minimum absolute atomic E-state index is 0.0824. The van der Waals surface area contributed by atoms with Crippen LogP contribution in [0.2, 0.25) is 0 Å². The molecule has 29 heavy (non-hydrogen) atoms. The number of hydrogen-bond acceptors (Lipinski definition) is 3. The molecule has 0 radical (unpaired) electrons. The largest absolute Gasteiger partial charge is 0.362 e. The minimum atomic E-state index is -3.78. The topological polar surface area (TPSA) is 78.8 Å². The molecule has 1 heterocycles. The molecule has 152 valence electrons. The molecule has 1 saturated carbocycles. The van der Waals surface area contributed by atoms with E-state index in [0.717, 1.165) is 13.0 Å². The highest BCUT2D eigenvalue weighted by Crippen LogP contribution is 2.48. The van der Waals surface area contributed by atoms with Gasteiger partial charge in [0.15, 0.2) is 0 Å². The molecule has 0 bridgehead atoms. The predicted molar refractivity (Wildman–Crippen MR) is 109 cm³/mol. The Bertz CT molecular complexity index is 1070. The first-order chi connectivity index (χ1) is 13.8. The lowest BCUT2D eigenvalue weighted by Gasteiger charge is -2.11. The maximum absolute atomic E-state index is 13.9. The molecular weight excluding hydrogens is 393 g/mol. The van der Waals surface area contributed by atoms with Gasteiger partial charge in [0, 0.05) is 31.6 Å². The monoisotopic (exact) mass is 415 g/mol. The molecule has 6 nitrogen and oxygen atoms in total. The van der Waals surface area contributed by atoms with E-state index in [9.17, 15) is 17.6 Å². The Kier molecular flexibility index (Phi) is 5.12.